The molecule has 1 atom stereocenters. The zero-order valence-corrected chi connectivity index (χ0v) is 10.1. The van der Waals surface area contributed by atoms with Crippen molar-refractivity contribution in [2.75, 3.05) is 19.7 Å². The highest BCUT2D eigenvalue weighted by atomic mass is 32.1. The molecule has 1 amide bonds. The van der Waals surface area contributed by atoms with Crippen molar-refractivity contribution in [1.82, 2.24) is 10.6 Å². The minimum absolute atomic E-state index is 0.0298. The summed E-state index contributed by atoms with van der Waals surface area (Å²) in [4.78, 5) is 11.7. The lowest BCUT2D eigenvalue weighted by molar-refractivity contribution is -0.134. The van der Waals surface area contributed by atoms with Crippen molar-refractivity contribution >= 4 is 17.2 Å². The number of rotatable bonds is 3. The maximum atomic E-state index is 11.7. The second-order valence-corrected chi connectivity index (χ2v) is 4.60. The highest BCUT2D eigenvalue weighted by molar-refractivity contribution is 7.08. The summed E-state index contributed by atoms with van der Waals surface area (Å²) in [7, 11) is 0. The monoisotopic (exact) mass is 240 g/mol. The van der Waals surface area contributed by atoms with E-state index in [4.69, 9.17) is 4.74 Å². The number of amides is 1. The molecular formula is C11H16N2O2S. The number of hydrogen-bond acceptors (Lipinski definition) is 4. The molecule has 0 radical (unpaired) electrons. The number of morpholine rings is 1. The second kappa shape index (κ2) is 5.43. The van der Waals surface area contributed by atoms with E-state index in [1.165, 1.54) is 11.1 Å². The molecule has 1 aromatic rings. The Bertz CT molecular complexity index is 359. The molecule has 0 bridgehead atoms. The van der Waals surface area contributed by atoms with Crippen molar-refractivity contribution in [1.29, 1.82) is 0 Å². The van der Waals surface area contributed by atoms with E-state index in [-0.39, 0.29) is 12.0 Å². The normalized spacial score (nSPS) is 20.7. The molecule has 1 aliphatic rings. The Morgan fingerprint density at radius 1 is 1.69 bits per heavy atom. The largest absolute Gasteiger partial charge is 0.366 e. The molecule has 1 fully saturated rings. The second-order valence-electron chi connectivity index (χ2n) is 3.86. The van der Waals surface area contributed by atoms with Crippen LogP contribution in [0.2, 0.25) is 0 Å². The van der Waals surface area contributed by atoms with Crippen LogP contribution in [-0.2, 0) is 16.1 Å². The van der Waals surface area contributed by atoms with Crippen LogP contribution in [0.25, 0.3) is 0 Å². The van der Waals surface area contributed by atoms with Gasteiger partial charge in [-0.05, 0) is 28.8 Å². The van der Waals surface area contributed by atoms with Crippen molar-refractivity contribution in [2.45, 2.75) is 19.6 Å². The van der Waals surface area contributed by atoms with Gasteiger partial charge in [-0.15, -0.1) is 0 Å². The third kappa shape index (κ3) is 2.81. The highest BCUT2D eigenvalue weighted by Gasteiger charge is 2.21. The van der Waals surface area contributed by atoms with Gasteiger partial charge < -0.3 is 15.4 Å². The first-order valence-electron chi connectivity index (χ1n) is 5.39. The van der Waals surface area contributed by atoms with Gasteiger partial charge in [-0.1, -0.05) is 0 Å². The predicted molar refractivity (Wildman–Crippen MR) is 63.5 cm³/mol. The SMILES string of the molecule is Cc1cscc1CNC(=O)C1CNCCO1. The number of hydrogen-bond donors (Lipinski definition) is 2. The van der Waals surface area contributed by atoms with Crippen LogP contribution in [0.1, 0.15) is 11.1 Å². The van der Waals surface area contributed by atoms with Crippen LogP contribution in [0.15, 0.2) is 10.8 Å². The van der Waals surface area contributed by atoms with Gasteiger partial charge in [0.15, 0.2) is 0 Å². The lowest BCUT2D eigenvalue weighted by Crippen LogP contribution is -2.47. The molecule has 2 N–H and O–H groups in total. The summed E-state index contributed by atoms with van der Waals surface area (Å²) >= 11 is 1.66. The minimum atomic E-state index is -0.340. The van der Waals surface area contributed by atoms with Crippen LogP contribution in [0.3, 0.4) is 0 Å². The molecule has 88 valence electrons. The molecule has 0 aliphatic carbocycles. The van der Waals surface area contributed by atoms with Crippen molar-refractivity contribution in [2.24, 2.45) is 0 Å². The van der Waals surface area contributed by atoms with Crippen molar-refractivity contribution in [3.63, 3.8) is 0 Å². The van der Waals surface area contributed by atoms with Gasteiger partial charge in [0.05, 0.1) is 6.61 Å². The fourth-order valence-electron chi connectivity index (χ4n) is 1.60. The molecule has 1 aromatic heterocycles. The number of ether oxygens (including phenoxy) is 1. The Morgan fingerprint density at radius 3 is 3.19 bits per heavy atom. The van der Waals surface area contributed by atoms with E-state index in [0.717, 1.165) is 6.54 Å². The number of thiophene rings is 1. The van der Waals surface area contributed by atoms with Gasteiger partial charge in [0.2, 0.25) is 0 Å². The molecule has 4 nitrogen and oxygen atoms in total. The topological polar surface area (TPSA) is 50.4 Å². The molecule has 0 saturated carbocycles. The smallest absolute Gasteiger partial charge is 0.250 e. The molecule has 1 unspecified atom stereocenters. The van der Waals surface area contributed by atoms with Crippen LogP contribution in [0, 0.1) is 6.92 Å². The first-order chi connectivity index (χ1) is 7.77. The summed E-state index contributed by atoms with van der Waals surface area (Å²) in [5.41, 5.74) is 2.41. The zero-order valence-electron chi connectivity index (χ0n) is 9.29. The summed E-state index contributed by atoms with van der Waals surface area (Å²) in [6.45, 7) is 4.68. The summed E-state index contributed by atoms with van der Waals surface area (Å²) in [6, 6.07) is 0. The molecule has 2 rings (SSSR count). The lowest BCUT2D eigenvalue weighted by atomic mass is 10.2. The first kappa shape index (κ1) is 11.6. The van der Waals surface area contributed by atoms with E-state index >= 15 is 0 Å². The van der Waals surface area contributed by atoms with E-state index in [2.05, 4.69) is 28.3 Å². The summed E-state index contributed by atoms with van der Waals surface area (Å²) in [5, 5.41) is 10.2. The molecule has 2 heterocycles. The fraction of sp³-hybridized carbons (Fsp3) is 0.545. The summed E-state index contributed by atoms with van der Waals surface area (Å²) in [6.07, 6.45) is -0.340. The Hall–Kier alpha value is -0.910. The lowest BCUT2D eigenvalue weighted by Gasteiger charge is -2.22. The van der Waals surface area contributed by atoms with Gasteiger partial charge in [0, 0.05) is 19.6 Å². The average molecular weight is 240 g/mol. The molecule has 1 aliphatic heterocycles. The van der Waals surface area contributed by atoms with E-state index in [1.54, 1.807) is 11.3 Å². The Labute approximate surface area is 99.0 Å². The van der Waals surface area contributed by atoms with Crippen molar-refractivity contribution in [3.8, 4) is 0 Å². The van der Waals surface area contributed by atoms with Crippen molar-refractivity contribution in [3.05, 3.63) is 21.9 Å². The third-order valence-electron chi connectivity index (χ3n) is 2.63. The van der Waals surface area contributed by atoms with Crippen LogP contribution in [-0.4, -0.2) is 31.7 Å². The van der Waals surface area contributed by atoms with Gasteiger partial charge in [-0.2, -0.15) is 11.3 Å². The quantitative estimate of drug-likeness (QED) is 0.816. The Balaban J connectivity index is 1.81. The Kier molecular flexibility index (Phi) is 3.93. The van der Waals surface area contributed by atoms with Gasteiger partial charge >= 0.3 is 0 Å². The van der Waals surface area contributed by atoms with Gasteiger partial charge in [0.25, 0.3) is 5.91 Å². The van der Waals surface area contributed by atoms with Crippen molar-refractivity contribution < 1.29 is 9.53 Å². The van der Waals surface area contributed by atoms with E-state index in [1.807, 2.05) is 0 Å². The molecule has 1 saturated heterocycles. The molecule has 16 heavy (non-hydrogen) atoms. The summed E-state index contributed by atoms with van der Waals surface area (Å²) in [5.74, 6) is -0.0298. The minimum Gasteiger partial charge on any atom is -0.366 e. The third-order valence-corrected chi connectivity index (χ3v) is 3.54. The highest BCUT2D eigenvalue weighted by Crippen LogP contribution is 2.13. The van der Waals surface area contributed by atoms with Crippen LogP contribution < -0.4 is 10.6 Å². The Morgan fingerprint density at radius 2 is 2.56 bits per heavy atom. The number of carbonyl (C=O) groups is 1. The molecular weight excluding hydrogens is 224 g/mol. The first-order valence-corrected chi connectivity index (χ1v) is 6.33. The van der Waals surface area contributed by atoms with E-state index in [0.29, 0.717) is 19.7 Å². The van der Waals surface area contributed by atoms with Gasteiger partial charge in [0.1, 0.15) is 6.10 Å². The van der Waals surface area contributed by atoms with E-state index < -0.39 is 0 Å². The molecule has 0 spiro atoms. The van der Waals surface area contributed by atoms with Crippen LogP contribution in [0.4, 0.5) is 0 Å². The predicted octanol–water partition coefficient (Wildman–Crippen LogP) is 0.661. The molecule has 5 heteroatoms. The molecule has 0 aromatic carbocycles. The maximum Gasteiger partial charge on any atom is 0.250 e. The van der Waals surface area contributed by atoms with Crippen LogP contribution in [0.5, 0.6) is 0 Å². The number of nitrogens with one attached hydrogen (secondary N) is 2. The zero-order chi connectivity index (χ0) is 11.4. The average Bonchev–Trinajstić information content (AvgIpc) is 2.73. The maximum absolute atomic E-state index is 11.7. The van der Waals surface area contributed by atoms with E-state index in [9.17, 15) is 4.79 Å². The number of carbonyl (C=O) groups excluding carboxylic acids is 1. The standard InChI is InChI=1S/C11H16N2O2S/c1-8-6-16-7-9(8)4-13-11(14)10-5-12-2-3-15-10/h6-7,10,12H,2-5H2,1H3,(H,13,14). The fourth-order valence-corrected chi connectivity index (χ4v) is 2.45. The van der Waals surface area contributed by atoms with Crippen LogP contribution >= 0.6 is 11.3 Å². The summed E-state index contributed by atoms with van der Waals surface area (Å²) < 4.78 is 5.37. The number of aryl methyl sites for hydroxylation is 1. The van der Waals surface area contributed by atoms with Gasteiger partial charge in [-0.25, -0.2) is 0 Å². The van der Waals surface area contributed by atoms with Gasteiger partial charge in [-0.3, -0.25) is 4.79 Å².